The molecular weight excluding hydrogens is 280 g/mol. The Hall–Kier alpha value is -1.75. The first-order valence-corrected chi connectivity index (χ1v) is 7.96. The van der Waals surface area contributed by atoms with E-state index in [1.54, 1.807) is 0 Å². The SMILES string of the molecule is CC1(C)CCCNC1C(=O)NCc1ccc2c(c1)OCCO2. The van der Waals surface area contributed by atoms with Crippen LogP contribution in [0.15, 0.2) is 18.2 Å². The molecule has 0 radical (unpaired) electrons. The van der Waals surface area contributed by atoms with Crippen molar-refractivity contribution in [2.75, 3.05) is 19.8 Å². The Balaban J connectivity index is 1.61. The second-order valence-electron chi connectivity index (χ2n) is 6.68. The van der Waals surface area contributed by atoms with Crippen LogP contribution in [0.4, 0.5) is 0 Å². The van der Waals surface area contributed by atoms with E-state index < -0.39 is 0 Å². The van der Waals surface area contributed by atoms with E-state index in [2.05, 4.69) is 24.5 Å². The van der Waals surface area contributed by atoms with Crippen molar-refractivity contribution in [3.05, 3.63) is 23.8 Å². The molecule has 120 valence electrons. The van der Waals surface area contributed by atoms with Crippen molar-refractivity contribution in [2.24, 2.45) is 5.41 Å². The number of hydrogen-bond donors (Lipinski definition) is 2. The van der Waals surface area contributed by atoms with E-state index in [9.17, 15) is 4.79 Å². The maximum Gasteiger partial charge on any atom is 0.237 e. The number of carbonyl (C=O) groups is 1. The Labute approximate surface area is 131 Å². The summed E-state index contributed by atoms with van der Waals surface area (Å²) in [6.45, 7) is 6.87. The number of nitrogens with one attached hydrogen (secondary N) is 2. The summed E-state index contributed by atoms with van der Waals surface area (Å²) >= 11 is 0. The summed E-state index contributed by atoms with van der Waals surface area (Å²) in [5.41, 5.74) is 1.01. The molecule has 2 aliphatic heterocycles. The van der Waals surface area contributed by atoms with Gasteiger partial charge < -0.3 is 20.1 Å². The molecule has 1 amide bonds. The Bertz CT molecular complexity index is 557. The van der Waals surface area contributed by atoms with Crippen molar-refractivity contribution in [1.29, 1.82) is 0 Å². The molecule has 1 aromatic carbocycles. The minimum Gasteiger partial charge on any atom is -0.486 e. The van der Waals surface area contributed by atoms with Crippen LogP contribution in [0.1, 0.15) is 32.3 Å². The van der Waals surface area contributed by atoms with E-state index >= 15 is 0 Å². The van der Waals surface area contributed by atoms with E-state index in [1.165, 1.54) is 0 Å². The van der Waals surface area contributed by atoms with Crippen molar-refractivity contribution < 1.29 is 14.3 Å². The van der Waals surface area contributed by atoms with E-state index in [-0.39, 0.29) is 17.4 Å². The lowest BCUT2D eigenvalue weighted by Gasteiger charge is -2.38. The number of ether oxygens (including phenoxy) is 2. The van der Waals surface area contributed by atoms with Gasteiger partial charge in [0.2, 0.25) is 5.91 Å². The van der Waals surface area contributed by atoms with Gasteiger partial charge >= 0.3 is 0 Å². The topological polar surface area (TPSA) is 59.6 Å². The van der Waals surface area contributed by atoms with Gasteiger partial charge in [0.25, 0.3) is 0 Å². The van der Waals surface area contributed by atoms with Crippen LogP contribution >= 0.6 is 0 Å². The Morgan fingerprint density at radius 2 is 2.09 bits per heavy atom. The largest absolute Gasteiger partial charge is 0.486 e. The van der Waals surface area contributed by atoms with Gasteiger partial charge in [-0.25, -0.2) is 0 Å². The summed E-state index contributed by atoms with van der Waals surface area (Å²) < 4.78 is 11.1. The molecule has 1 saturated heterocycles. The normalized spacial score (nSPS) is 22.9. The summed E-state index contributed by atoms with van der Waals surface area (Å²) in [7, 11) is 0. The third-order valence-electron chi connectivity index (χ3n) is 4.46. The fraction of sp³-hybridized carbons (Fsp3) is 0.588. The average molecular weight is 304 g/mol. The van der Waals surface area contributed by atoms with Gasteiger partial charge in [-0.2, -0.15) is 0 Å². The van der Waals surface area contributed by atoms with Crippen LogP contribution in [0, 0.1) is 5.41 Å². The highest BCUT2D eigenvalue weighted by atomic mass is 16.6. The van der Waals surface area contributed by atoms with E-state index in [0.29, 0.717) is 19.8 Å². The molecule has 0 bridgehead atoms. The molecule has 0 aromatic heterocycles. The number of hydrogen-bond acceptors (Lipinski definition) is 4. The number of benzene rings is 1. The molecule has 2 N–H and O–H groups in total. The number of carbonyl (C=O) groups excluding carboxylic acids is 1. The highest BCUT2D eigenvalue weighted by Gasteiger charge is 2.36. The predicted molar refractivity (Wildman–Crippen MR) is 84.1 cm³/mol. The summed E-state index contributed by atoms with van der Waals surface area (Å²) in [5, 5.41) is 6.37. The fourth-order valence-corrected chi connectivity index (χ4v) is 3.15. The van der Waals surface area contributed by atoms with Crippen LogP contribution in [0.25, 0.3) is 0 Å². The lowest BCUT2D eigenvalue weighted by atomic mass is 9.77. The van der Waals surface area contributed by atoms with Crippen molar-refractivity contribution in [3.63, 3.8) is 0 Å². The smallest absolute Gasteiger partial charge is 0.237 e. The first-order chi connectivity index (χ1) is 10.6. The Morgan fingerprint density at radius 1 is 1.32 bits per heavy atom. The van der Waals surface area contributed by atoms with Crippen LogP contribution in [-0.4, -0.2) is 31.7 Å². The van der Waals surface area contributed by atoms with Crippen LogP contribution in [0.3, 0.4) is 0 Å². The molecule has 0 aliphatic carbocycles. The molecule has 1 atom stereocenters. The van der Waals surface area contributed by atoms with Crippen molar-refractivity contribution in [2.45, 2.75) is 39.3 Å². The summed E-state index contributed by atoms with van der Waals surface area (Å²) in [6, 6.07) is 5.68. The average Bonchev–Trinajstić information content (AvgIpc) is 2.52. The number of rotatable bonds is 3. The highest BCUT2D eigenvalue weighted by molar-refractivity contribution is 5.82. The first kappa shape index (κ1) is 15.2. The lowest BCUT2D eigenvalue weighted by molar-refractivity contribution is -0.126. The molecule has 1 unspecified atom stereocenters. The minimum absolute atomic E-state index is 0.00482. The molecule has 2 heterocycles. The standard InChI is InChI=1S/C17H24N2O3/c1-17(2)6-3-7-18-15(17)16(20)19-11-12-4-5-13-14(10-12)22-9-8-21-13/h4-5,10,15,18H,3,6-9,11H2,1-2H3,(H,19,20). The van der Waals surface area contributed by atoms with E-state index in [0.717, 1.165) is 36.4 Å². The maximum atomic E-state index is 12.4. The third-order valence-corrected chi connectivity index (χ3v) is 4.46. The molecule has 22 heavy (non-hydrogen) atoms. The van der Waals surface area contributed by atoms with Crippen molar-refractivity contribution in [3.8, 4) is 11.5 Å². The minimum atomic E-state index is -0.126. The van der Waals surface area contributed by atoms with Gasteiger partial charge in [0, 0.05) is 6.54 Å². The summed E-state index contributed by atoms with van der Waals surface area (Å²) in [5.74, 6) is 1.60. The zero-order valence-electron chi connectivity index (χ0n) is 13.3. The predicted octanol–water partition coefficient (Wildman–Crippen LogP) is 1.85. The van der Waals surface area contributed by atoms with Gasteiger partial charge in [-0.05, 0) is 42.5 Å². The van der Waals surface area contributed by atoms with Crippen LogP contribution in [-0.2, 0) is 11.3 Å². The van der Waals surface area contributed by atoms with Crippen LogP contribution in [0.5, 0.6) is 11.5 Å². The maximum absolute atomic E-state index is 12.4. The van der Waals surface area contributed by atoms with Gasteiger partial charge in [0.1, 0.15) is 13.2 Å². The monoisotopic (exact) mass is 304 g/mol. The molecule has 5 nitrogen and oxygen atoms in total. The Morgan fingerprint density at radius 3 is 2.86 bits per heavy atom. The van der Waals surface area contributed by atoms with E-state index in [4.69, 9.17) is 9.47 Å². The molecule has 0 saturated carbocycles. The van der Waals surface area contributed by atoms with Gasteiger partial charge in [-0.1, -0.05) is 19.9 Å². The number of amides is 1. The van der Waals surface area contributed by atoms with Gasteiger partial charge in [-0.15, -0.1) is 0 Å². The molecule has 2 aliphatic rings. The zero-order chi connectivity index (χ0) is 15.6. The number of fused-ring (bicyclic) bond motifs is 1. The summed E-state index contributed by atoms with van der Waals surface area (Å²) in [6.07, 6.45) is 2.20. The van der Waals surface area contributed by atoms with E-state index in [1.807, 2.05) is 18.2 Å². The second-order valence-corrected chi connectivity index (χ2v) is 6.68. The first-order valence-electron chi connectivity index (χ1n) is 7.96. The van der Waals surface area contributed by atoms with Crippen molar-refractivity contribution >= 4 is 5.91 Å². The zero-order valence-corrected chi connectivity index (χ0v) is 13.3. The molecule has 0 spiro atoms. The molecule has 1 fully saturated rings. The lowest BCUT2D eigenvalue weighted by Crippen LogP contribution is -2.55. The third kappa shape index (κ3) is 3.19. The quantitative estimate of drug-likeness (QED) is 0.895. The fourth-order valence-electron chi connectivity index (χ4n) is 3.15. The molecule has 5 heteroatoms. The second kappa shape index (κ2) is 6.16. The van der Waals surface area contributed by atoms with Gasteiger partial charge in [0.05, 0.1) is 6.04 Å². The molecule has 1 aromatic rings. The van der Waals surface area contributed by atoms with Crippen molar-refractivity contribution in [1.82, 2.24) is 10.6 Å². The summed E-state index contributed by atoms with van der Waals surface area (Å²) in [4.78, 5) is 12.4. The Kier molecular flexibility index (Phi) is 4.25. The number of piperidine rings is 1. The molecule has 3 rings (SSSR count). The molecular formula is C17H24N2O3. The van der Waals surface area contributed by atoms with Crippen LogP contribution in [0.2, 0.25) is 0 Å². The van der Waals surface area contributed by atoms with Gasteiger partial charge in [-0.3, -0.25) is 4.79 Å². The highest BCUT2D eigenvalue weighted by Crippen LogP contribution is 2.31. The van der Waals surface area contributed by atoms with Crippen LogP contribution < -0.4 is 20.1 Å². The van der Waals surface area contributed by atoms with Gasteiger partial charge in [0.15, 0.2) is 11.5 Å².